The maximum absolute atomic E-state index is 13.0. The van der Waals surface area contributed by atoms with Gasteiger partial charge < -0.3 is 0 Å². The van der Waals surface area contributed by atoms with Crippen LogP contribution in [-0.2, 0) is 4.79 Å². The molecule has 0 spiro atoms. The van der Waals surface area contributed by atoms with E-state index >= 15 is 0 Å². The van der Waals surface area contributed by atoms with Crippen molar-refractivity contribution in [3.05, 3.63) is 35.1 Å². The van der Waals surface area contributed by atoms with Crippen molar-refractivity contribution in [3.8, 4) is 11.8 Å². The van der Waals surface area contributed by atoms with Crippen molar-refractivity contribution in [3.63, 3.8) is 0 Å². The minimum atomic E-state index is -0.575. The van der Waals surface area contributed by atoms with Crippen LogP contribution in [0.2, 0.25) is 0 Å². The molecule has 70 valence electrons. The van der Waals surface area contributed by atoms with Crippen LogP contribution in [0.4, 0.5) is 4.39 Å². The van der Waals surface area contributed by atoms with Crippen molar-refractivity contribution in [2.45, 2.75) is 6.92 Å². The van der Waals surface area contributed by atoms with Crippen molar-refractivity contribution in [2.24, 2.45) is 0 Å². The van der Waals surface area contributed by atoms with Crippen LogP contribution in [0.15, 0.2) is 18.2 Å². The summed E-state index contributed by atoms with van der Waals surface area (Å²) in [6.45, 7) is 1.27. The number of carbonyl (C=O) groups is 2. The summed E-state index contributed by atoms with van der Waals surface area (Å²) in [7, 11) is 0. The summed E-state index contributed by atoms with van der Waals surface area (Å²) in [5.74, 6) is 3.73. The van der Waals surface area contributed by atoms with E-state index in [-0.39, 0.29) is 11.3 Å². The van der Waals surface area contributed by atoms with Gasteiger partial charge in [-0.2, -0.15) is 0 Å². The number of halogens is 1. The summed E-state index contributed by atoms with van der Waals surface area (Å²) in [6.07, 6.45) is 0.441. The Morgan fingerprint density at radius 2 is 2.21 bits per heavy atom. The molecule has 0 unspecified atom stereocenters. The Hall–Kier alpha value is -1.95. The number of hydrogen-bond acceptors (Lipinski definition) is 2. The normalized spacial score (nSPS) is 8.71. The summed E-state index contributed by atoms with van der Waals surface area (Å²) in [5.41, 5.74) is 0.436. The van der Waals surface area contributed by atoms with Gasteiger partial charge in [0.2, 0.25) is 0 Å². The Morgan fingerprint density at radius 1 is 1.50 bits per heavy atom. The van der Waals surface area contributed by atoms with E-state index < -0.39 is 5.82 Å². The molecule has 0 radical (unpaired) electrons. The fourth-order valence-corrected chi connectivity index (χ4v) is 0.986. The van der Waals surface area contributed by atoms with Gasteiger partial charge in [-0.05, 0) is 31.0 Å². The Labute approximate surface area is 80.7 Å². The van der Waals surface area contributed by atoms with E-state index in [1.165, 1.54) is 19.1 Å². The van der Waals surface area contributed by atoms with Gasteiger partial charge in [0, 0.05) is 5.56 Å². The molecule has 1 aromatic rings. The highest BCUT2D eigenvalue weighted by Gasteiger charge is 2.06. The van der Waals surface area contributed by atoms with Gasteiger partial charge in [-0.1, -0.05) is 5.92 Å². The van der Waals surface area contributed by atoms with Crippen molar-refractivity contribution in [2.75, 3.05) is 0 Å². The van der Waals surface area contributed by atoms with Crippen LogP contribution in [0.25, 0.3) is 0 Å². The molecule has 0 amide bonds. The predicted molar refractivity (Wildman–Crippen MR) is 49.3 cm³/mol. The molecule has 0 bridgehead atoms. The summed E-state index contributed by atoms with van der Waals surface area (Å²) >= 11 is 0. The van der Waals surface area contributed by atoms with E-state index in [1.54, 1.807) is 0 Å². The lowest BCUT2D eigenvalue weighted by Gasteiger charge is -1.98. The number of aldehydes is 1. The molecule has 2 nitrogen and oxygen atoms in total. The van der Waals surface area contributed by atoms with Crippen LogP contribution in [0, 0.1) is 17.7 Å². The Kier molecular flexibility index (Phi) is 3.14. The van der Waals surface area contributed by atoms with Crippen molar-refractivity contribution >= 4 is 12.1 Å². The van der Waals surface area contributed by atoms with Crippen molar-refractivity contribution < 1.29 is 14.0 Å². The Balaban J connectivity index is 3.19. The van der Waals surface area contributed by atoms with E-state index in [4.69, 9.17) is 0 Å². The quantitative estimate of drug-likeness (QED) is 0.382. The molecule has 0 aromatic heterocycles. The molecule has 0 aliphatic rings. The lowest BCUT2D eigenvalue weighted by atomic mass is 10.1. The summed E-state index contributed by atoms with van der Waals surface area (Å²) in [6, 6.07) is 3.90. The lowest BCUT2D eigenvalue weighted by molar-refractivity contribution is -0.103. The van der Waals surface area contributed by atoms with Gasteiger partial charge in [0.15, 0.2) is 12.1 Å². The molecule has 1 rings (SSSR count). The van der Waals surface area contributed by atoms with Crippen LogP contribution in [0.1, 0.15) is 22.8 Å². The first-order valence-electron chi connectivity index (χ1n) is 3.91. The van der Waals surface area contributed by atoms with Gasteiger partial charge in [-0.25, -0.2) is 4.39 Å². The largest absolute Gasteiger partial charge is 0.294 e. The SMILES string of the molecule is CC(=O)c1cc(C#CC=O)ccc1F. The average Bonchev–Trinajstić information content (AvgIpc) is 2.16. The molecular formula is C11H7FO2. The van der Waals surface area contributed by atoms with Gasteiger partial charge in [-0.3, -0.25) is 9.59 Å². The van der Waals surface area contributed by atoms with Crippen LogP contribution in [0.3, 0.4) is 0 Å². The third-order valence-corrected chi connectivity index (χ3v) is 1.62. The highest BCUT2D eigenvalue weighted by Crippen LogP contribution is 2.10. The number of carbonyl (C=O) groups excluding carboxylic acids is 2. The van der Waals surface area contributed by atoms with Gasteiger partial charge in [0.25, 0.3) is 0 Å². The van der Waals surface area contributed by atoms with E-state index in [2.05, 4.69) is 11.8 Å². The molecule has 0 aliphatic heterocycles. The topological polar surface area (TPSA) is 34.1 Å². The van der Waals surface area contributed by atoms with E-state index in [9.17, 15) is 14.0 Å². The number of rotatable bonds is 1. The van der Waals surface area contributed by atoms with Crippen molar-refractivity contribution in [1.82, 2.24) is 0 Å². The molecule has 0 saturated heterocycles. The van der Waals surface area contributed by atoms with Crippen LogP contribution in [0.5, 0.6) is 0 Å². The number of ketones is 1. The zero-order valence-corrected chi connectivity index (χ0v) is 7.50. The maximum atomic E-state index is 13.0. The Bertz CT molecular complexity index is 438. The van der Waals surface area contributed by atoms with Crippen LogP contribution in [-0.4, -0.2) is 12.1 Å². The second-order valence-electron chi connectivity index (χ2n) is 2.64. The fourth-order valence-electron chi connectivity index (χ4n) is 0.986. The minimum Gasteiger partial charge on any atom is -0.294 e. The molecule has 0 aliphatic carbocycles. The maximum Gasteiger partial charge on any atom is 0.193 e. The first-order valence-corrected chi connectivity index (χ1v) is 3.91. The molecular weight excluding hydrogens is 183 g/mol. The van der Waals surface area contributed by atoms with Crippen LogP contribution < -0.4 is 0 Å². The van der Waals surface area contributed by atoms with Gasteiger partial charge >= 0.3 is 0 Å². The monoisotopic (exact) mass is 190 g/mol. The van der Waals surface area contributed by atoms with E-state index in [0.717, 1.165) is 6.07 Å². The summed E-state index contributed by atoms with van der Waals surface area (Å²) < 4.78 is 13.0. The van der Waals surface area contributed by atoms with E-state index in [1.807, 2.05) is 0 Å². The number of Topliss-reactive ketones (excluding diaryl/α,β-unsaturated/α-hetero) is 1. The summed E-state index contributed by atoms with van der Waals surface area (Å²) in [4.78, 5) is 20.9. The lowest BCUT2D eigenvalue weighted by Crippen LogP contribution is -1.97. The number of hydrogen-bond donors (Lipinski definition) is 0. The van der Waals surface area contributed by atoms with E-state index in [0.29, 0.717) is 11.8 Å². The molecule has 0 fully saturated rings. The molecule has 3 heteroatoms. The summed E-state index contributed by atoms with van der Waals surface area (Å²) in [5, 5.41) is 0. The van der Waals surface area contributed by atoms with Crippen LogP contribution >= 0.6 is 0 Å². The molecule has 0 saturated carbocycles. The fraction of sp³-hybridized carbons (Fsp3) is 0.0909. The van der Waals surface area contributed by atoms with Crippen molar-refractivity contribution in [1.29, 1.82) is 0 Å². The molecule has 14 heavy (non-hydrogen) atoms. The second-order valence-corrected chi connectivity index (χ2v) is 2.64. The third-order valence-electron chi connectivity index (χ3n) is 1.62. The standard InChI is InChI=1S/C11H7FO2/c1-8(14)10-7-9(3-2-6-13)4-5-11(10)12/h4-7H,1H3. The average molecular weight is 190 g/mol. The number of benzene rings is 1. The first-order chi connectivity index (χ1) is 6.65. The smallest absolute Gasteiger partial charge is 0.193 e. The predicted octanol–water partition coefficient (Wildman–Crippen LogP) is 1.58. The third kappa shape index (κ3) is 2.27. The Morgan fingerprint density at radius 3 is 2.79 bits per heavy atom. The van der Waals surface area contributed by atoms with Gasteiger partial charge in [0.1, 0.15) is 5.82 Å². The van der Waals surface area contributed by atoms with Gasteiger partial charge in [-0.15, -0.1) is 0 Å². The highest BCUT2D eigenvalue weighted by atomic mass is 19.1. The second kappa shape index (κ2) is 4.33. The molecule has 0 N–H and O–H groups in total. The zero-order chi connectivity index (χ0) is 10.6. The molecule has 0 heterocycles. The molecule has 1 aromatic carbocycles. The zero-order valence-electron chi connectivity index (χ0n) is 7.50. The highest BCUT2D eigenvalue weighted by molar-refractivity contribution is 5.94. The minimum absolute atomic E-state index is 0.0114. The molecule has 0 atom stereocenters. The van der Waals surface area contributed by atoms with Gasteiger partial charge in [0.05, 0.1) is 5.56 Å². The first kappa shape index (κ1) is 10.1.